The Hall–Kier alpha value is -3.04. The van der Waals surface area contributed by atoms with E-state index in [2.05, 4.69) is 20.1 Å². The molecule has 2 saturated heterocycles. The smallest absolute Gasteiger partial charge is 0.223 e. The molecule has 3 aromatic rings. The van der Waals surface area contributed by atoms with Crippen molar-refractivity contribution in [3.05, 3.63) is 47.9 Å². The fourth-order valence-corrected chi connectivity index (χ4v) is 4.92. The van der Waals surface area contributed by atoms with Crippen LogP contribution in [0.3, 0.4) is 0 Å². The number of carbonyl (C=O) groups excluding carboxylic acids is 1. The third kappa shape index (κ3) is 5.62. The second kappa shape index (κ2) is 10.7. The molecule has 2 aromatic heterocycles. The number of ether oxygens (including phenoxy) is 1. The summed E-state index contributed by atoms with van der Waals surface area (Å²) in [5, 5.41) is 7.91. The number of hydrogen-bond acceptors (Lipinski definition) is 6. The number of carbonyl (C=O) groups is 1. The quantitative estimate of drug-likeness (QED) is 0.524. The lowest BCUT2D eigenvalue weighted by molar-refractivity contribution is -0.125. The summed E-state index contributed by atoms with van der Waals surface area (Å²) in [6, 6.07) is 10.3. The molecule has 8 nitrogen and oxygen atoms in total. The molecule has 35 heavy (non-hydrogen) atoms. The molecule has 2 fully saturated rings. The minimum absolute atomic E-state index is 0.0421. The van der Waals surface area contributed by atoms with Crippen LogP contribution in [0.25, 0.3) is 16.9 Å². The fraction of sp³-hybridized carbons (Fsp3) is 0.500. The van der Waals surface area contributed by atoms with Gasteiger partial charge < -0.3 is 15.0 Å². The SMILES string of the molecule is Cc1cc(N2CCC(C(=O)NCCCN3CCOCC3)CC2)n2nc(-c3ccc(F)cc3)cc2n1. The number of aromatic nitrogens is 3. The summed E-state index contributed by atoms with van der Waals surface area (Å²) in [5.41, 5.74) is 3.29. The number of benzene rings is 1. The lowest BCUT2D eigenvalue weighted by Crippen LogP contribution is -2.42. The van der Waals surface area contributed by atoms with E-state index >= 15 is 0 Å². The van der Waals surface area contributed by atoms with E-state index in [0.717, 1.165) is 100 Å². The van der Waals surface area contributed by atoms with Crippen molar-refractivity contribution in [3.63, 3.8) is 0 Å². The molecule has 2 aliphatic rings. The fourth-order valence-electron chi connectivity index (χ4n) is 4.92. The molecule has 0 unspecified atom stereocenters. The van der Waals surface area contributed by atoms with E-state index in [1.54, 1.807) is 12.1 Å². The van der Waals surface area contributed by atoms with E-state index < -0.39 is 0 Å². The van der Waals surface area contributed by atoms with Gasteiger partial charge >= 0.3 is 0 Å². The van der Waals surface area contributed by atoms with Crippen LogP contribution in [0, 0.1) is 18.7 Å². The summed E-state index contributed by atoms with van der Waals surface area (Å²) in [4.78, 5) is 22.0. The number of fused-ring (bicyclic) bond motifs is 1. The van der Waals surface area contributed by atoms with E-state index in [1.807, 2.05) is 23.6 Å². The van der Waals surface area contributed by atoms with E-state index in [4.69, 9.17) is 9.84 Å². The minimum Gasteiger partial charge on any atom is -0.379 e. The predicted molar refractivity (Wildman–Crippen MR) is 133 cm³/mol. The number of nitrogens with one attached hydrogen (secondary N) is 1. The second-order valence-electron chi connectivity index (χ2n) is 9.42. The van der Waals surface area contributed by atoms with Crippen LogP contribution in [0.15, 0.2) is 36.4 Å². The van der Waals surface area contributed by atoms with Crippen LogP contribution in [0.2, 0.25) is 0 Å². The first-order valence-electron chi connectivity index (χ1n) is 12.5. The van der Waals surface area contributed by atoms with Crippen molar-refractivity contribution in [2.45, 2.75) is 26.2 Å². The Morgan fingerprint density at radius 1 is 1.11 bits per heavy atom. The monoisotopic (exact) mass is 480 g/mol. The molecule has 1 amide bonds. The van der Waals surface area contributed by atoms with Gasteiger partial charge in [-0.2, -0.15) is 9.61 Å². The van der Waals surface area contributed by atoms with Crippen molar-refractivity contribution in [1.82, 2.24) is 24.8 Å². The maximum atomic E-state index is 13.3. The third-order valence-corrected chi connectivity index (χ3v) is 6.92. The van der Waals surface area contributed by atoms with Gasteiger partial charge in [0.1, 0.15) is 11.6 Å². The molecule has 2 aliphatic heterocycles. The summed E-state index contributed by atoms with van der Waals surface area (Å²) in [5.74, 6) is 0.919. The van der Waals surface area contributed by atoms with Crippen LogP contribution < -0.4 is 10.2 Å². The number of rotatable bonds is 7. The molecule has 5 rings (SSSR count). The van der Waals surface area contributed by atoms with E-state index in [-0.39, 0.29) is 17.6 Å². The maximum absolute atomic E-state index is 13.3. The van der Waals surface area contributed by atoms with Crippen LogP contribution in [-0.4, -0.2) is 77.9 Å². The van der Waals surface area contributed by atoms with Gasteiger partial charge in [0.2, 0.25) is 5.91 Å². The number of piperidine rings is 1. The van der Waals surface area contributed by atoms with Crippen molar-refractivity contribution in [2.24, 2.45) is 5.92 Å². The average molecular weight is 481 g/mol. The van der Waals surface area contributed by atoms with Gasteiger partial charge in [-0.15, -0.1) is 0 Å². The lowest BCUT2D eigenvalue weighted by atomic mass is 9.96. The molecule has 1 aromatic carbocycles. The third-order valence-electron chi connectivity index (χ3n) is 6.92. The first kappa shape index (κ1) is 23.7. The van der Waals surface area contributed by atoms with Gasteiger partial charge in [-0.3, -0.25) is 9.69 Å². The van der Waals surface area contributed by atoms with Gasteiger partial charge in [-0.05, 0) is 57.0 Å². The van der Waals surface area contributed by atoms with Crippen LogP contribution in [0.5, 0.6) is 0 Å². The van der Waals surface area contributed by atoms with Gasteiger partial charge in [0.05, 0.1) is 18.9 Å². The number of anilines is 1. The summed E-state index contributed by atoms with van der Waals surface area (Å²) >= 11 is 0. The van der Waals surface area contributed by atoms with Gasteiger partial charge in [0.25, 0.3) is 0 Å². The molecule has 4 heterocycles. The molecule has 0 spiro atoms. The summed E-state index contributed by atoms with van der Waals surface area (Å²) in [7, 11) is 0. The highest BCUT2D eigenvalue weighted by atomic mass is 19.1. The Bertz CT molecular complexity index is 1150. The molecular formula is C26H33FN6O2. The number of aryl methyl sites for hydroxylation is 1. The molecule has 186 valence electrons. The Balaban J connectivity index is 1.18. The van der Waals surface area contributed by atoms with Crippen LogP contribution in [0.1, 0.15) is 25.0 Å². The maximum Gasteiger partial charge on any atom is 0.223 e. The predicted octanol–water partition coefficient (Wildman–Crippen LogP) is 2.90. The first-order valence-corrected chi connectivity index (χ1v) is 12.5. The zero-order valence-corrected chi connectivity index (χ0v) is 20.3. The average Bonchev–Trinajstić information content (AvgIpc) is 3.31. The number of nitrogens with zero attached hydrogens (tertiary/aromatic N) is 5. The Kier molecular flexibility index (Phi) is 7.24. The highest BCUT2D eigenvalue weighted by Gasteiger charge is 2.26. The number of morpholine rings is 1. The van der Waals surface area contributed by atoms with Crippen molar-refractivity contribution in [1.29, 1.82) is 0 Å². The zero-order valence-electron chi connectivity index (χ0n) is 20.3. The van der Waals surface area contributed by atoms with Crippen LogP contribution >= 0.6 is 0 Å². The van der Waals surface area contributed by atoms with E-state index in [1.165, 1.54) is 12.1 Å². The zero-order chi connectivity index (χ0) is 24.2. The highest BCUT2D eigenvalue weighted by Crippen LogP contribution is 2.27. The number of halogens is 1. The molecular weight excluding hydrogens is 447 g/mol. The molecule has 0 aliphatic carbocycles. The Morgan fingerprint density at radius 3 is 2.60 bits per heavy atom. The number of amides is 1. The summed E-state index contributed by atoms with van der Waals surface area (Å²) in [6.45, 7) is 8.85. The van der Waals surface area contributed by atoms with Crippen molar-refractivity contribution < 1.29 is 13.9 Å². The van der Waals surface area contributed by atoms with E-state index in [0.29, 0.717) is 0 Å². The largest absolute Gasteiger partial charge is 0.379 e. The first-order chi connectivity index (χ1) is 17.1. The second-order valence-corrected chi connectivity index (χ2v) is 9.42. The van der Waals surface area contributed by atoms with Crippen molar-refractivity contribution >= 4 is 17.4 Å². The van der Waals surface area contributed by atoms with Gasteiger partial charge in [-0.25, -0.2) is 9.37 Å². The minimum atomic E-state index is -0.267. The Morgan fingerprint density at radius 2 is 1.86 bits per heavy atom. The topological polar surface area (TPSA) is 75.0 Å². The molecule has 1 N–H and O–H groups in total. The number of hydrogen-bond donors (Lipinski definition) is 1. The molecule has 0 saturated carbocycles. The normalized spacial score (nSPS) is 17.7. The van der Waals surface area contributed by atoms with Gasteiger partial charge in [0, 0.05) is 62.0 Å². The van der Waals surface area contributed by atoms with Crippen LogP contribution in [-0.2, 0) is 9.53 Å². The molecule has 9 heteroatoms. The van der Waals surface area contributed by atoms with Gasteiger partial charge in [-0.1, -0.05) is 0 Å². The van der Waals surface area contributed by atoms with E-state index in [9.17, 15) is 9.18 Å². The summed E-state index contributed by atoms with van der Waals surface area (Å²) < 4.78 is 20.6. The Labute approximate surface area is 205 Å². The molecule has 0 atom stereocenters. The standard InChI is InChI=1S/C26H33FN6O2/c1-19-17-25(33-24(29-19)18-23(30-33)20-3-5-22(27)6-4-20)32-11-7-21(8-12-32)26(34)28-9-2-10-31-13-15-35-16-14-31/h3-6,17-18,21H,2,7-16H2,1H3,(H,28,34). The van der Waals surface area contributed by atoms with Crippen molar-refractivity contribution in [3.8, 4) is 11.3 Å². The van der Waals surface area contributed by atoms with Crippen molar-refractivity contribution in [2.75, 3.05) is 57.4 Å². The van der Waals surface area contributed by atoms with Crippen LogP contribution in [0.4, 0.5) is 10.2 Å². The molecule has 0 bridgehead atoms. The summed E-state index contributed by atoms with van der Waals surface area (Å²) in [6.07, 6.45) is 2.59. The highest BCUT2D eigenvalue weighted by molar-refractivity contribution is 5.79. The molecule has 0 radical (unpaired) electrons. The van der Waals surface area contributed by atoms with Gasteiger partial charge in [0.15, 0.2) is 5.65 Å². The lowest BCUT2D eigenvalue weighted by Gasteiger charge is -2.33.